The fraction of sp³-hybridized carbons (Fsp3) is 0.333. The molecule has 3 heteroatoms. The number of aryl methyl sites for hydroxylation is 1. The van der Waals surface area contributed by atoms with Crippen molar-refractivity contribution in [2.75, 3.05) is 5.32 Å². The lowest BCUT2D eigenvalue weighted by molar-refractivity contribution is 0.544. The van der Waals surface area contributed by atoms with Crippen LogP contribution in [0.5, 0.6) is 0 Å². The van der Waals surface area contributed by atoms with Gasteiger partial charge in [-0.05, 0) is 42.7 Å². The van der Waals surface area contributed by atoms with Gasteiger partial charge >= 0.3 is 0 Å². The van der Waals surface area contributed by atoms with E-state index < -0.39 is 0 Å². The van der Waals surface area contributed by atoms with Gasteiger partial charge in [-0.15, -0.1) is 0 Å². The maximum Gasteiger partial charge on any atom is 0.126 e. The van der Waals surface area contributed by atoms with Gasteiger partial charge in [-0.3, -0.25) is 4.98 Å². The zero-order valence-electron chi connectivity index (χ0n) is 11.1. The van der Waals surface area contributed by atoms with E-state index >= 15 is 0 Å². The van der Waals surface area contributed by atoms with Gasteiger partial charge in [0.1, 0.15) is 5.82 Å². The summed E-state index contributed by atoms with van der Waals surface area (Å²) in [7, 11) is 0. The van der Waals surface area contributed by atoms with E-state index in [4.69, 9.17) is 0 Å². The predicted octanol–water partition coefficient (Wildman–Crippen LogP) is 3.59. The molecular weight excluding hydrogens is 222 g/mol. The van der Waals surface area contributed by atoms with Crippen molar-refractivity contribution in [2.45, 2.75) is 26.8 Å². The van der Waals surface area contributed by atoms with Gasteiger partial charge in [-0.2, -0.15) is 0 Å². The van der Waals surface area contributed by atoms with Crippen LogP contribution in [-0.2, 0) is 0 Å². The first-order valence-electron chi connectivity index (χ1n) is 6.27. The summed E-state index contributed by atoms with van der Waals surface area (Å²) in [5.41, 5.74) is 2.26. The average Bonchev–Trinajstić information content (AvgIpc) is 2.37. The van der Waals surface area contributed by atoms with Crippen molar-refractivity contribution in [3.63, 3.8) is 0 Å². The molecule has 0 radical (unpaired) electrons. The summed E-state index contributed by atoms with van der Waals surface area (Å²) in [6, 6.07) is 10.4. The lowest BCUT2D eigenvalue weighted by atomic mass is 9.97. The first-order valence-corrected chi connectivity index (χ1v) is 6.27. The number of aromatic nitrogens is 2. The quantitative estimate of drug-likeness (QED) is 0.888. The second-order valence-electron chi connectivity index (χ2n) is 4.81. The van der Waals surface area contributed by atoms with Crippen molar-refractivity contribution >= 4 is 5.82 Å². The summed E-state index contributed by atoms with van der Waals surface area (Å²) < 4.78 is 0. The minimum Gasteiger partial charge on any atom is -0.363 e. The molecule has 2 heterocycles. The number of nitrogens with one attached hydrogen (secondary N) is 1. The van der Waals surface area contributed by atoms with E-state index in [0.29, 0.717) is 5.92 Å². The van der Waals surface area contributed by atoms with Gasteiger partial charge in [0.05, 0.1) is 6.04 Å². The van der Waals surface area contributed by atoms with E-state index in [9.17, 15) is 0 Å². The zero-order valence-corrected chi connectivity index (χ0v) is 11.1. The topological polar surface area (TPSA) is 37.8 Å². The Morgan fingerprint density at radius 2 is 1.78 bits per heavy atom. The van der Waals surface area contributed by atoms with Crippen LogP contribution < -0.4 is 5.32 Å². The van der Waals surface area contributed by atoms with Crippen LogP contribution in [0.15, 0.2) is 42.7 Å². The summed E-state index contributed by atoms with van der Waals surface area (Å²) in [6.07, 6.45) is 3.66. The molecule has 1 unspecified atom stereocenters. The van der Waals surface area contributed by atoms with Crippen LogP contribution in [0.2, 0.25) is 0 Å². The number of pyridine rings is 2. The summed E-state index contributed by atoms with van der Waals surface area (Å²) in [5, 5.41) is 3.50. The molecule has 0 aliphatic carbocycles. The van der Waals surface area contributed by atoms with E-state index in [-0.39, 0.29) is 6.04 Å². The fourth-order valence-electron chi connectivity index (χ4n) is 1.99. The first-order chi connectivity index (χ1) is 8.66. The molecule has 3 nitrogen and oxygen atoms in total. The molecule has 1 N–H and O–H groups in total. The highest BCUT2D eigenvalue weighted by Crippen LogP contribution is 2.25. The van der Waals surface area contributed by atoms with Crippen molar-refractivity contribution in [1.29, 1.82) is 0 Å². The van der Waals surface area contributed by atoms with Gasteiger partial charge in [0, 0.05) is 18.1 Å². The van der Waals surface area contributed by atoms with Gasteiger partial charge in [-0.1, -0.05) is 19.9 Å². The molecule has 0 bridgehead atoms. The van der Waals surface area contributed by atoms with Crippen molar-refractivity contribution in [3.05, 3.63) is 54.0 Å². The van der Waals surface area contributed by atoms with Crippen LogP contribution in [0, 0.1) is 12.8 Å². The maximum absolute atomic E-state index is 4.49. The van der Waals surface area contributed by atoms with E-state index in [1.165, 1.54) is 5.56 Å². The van der Waals surface area contributed by atoms with Crippen molar-refractivity contribution in [2.24, 2.45) is 5.92 Å². The number of hydrogen-bond donors (Lipinski definition) is 1. The maximum atomic E-state index is 4.49. The van der Waals surface area contributed by atoms with Gasteiger partial charge in [0.15, 0.2) is 0 Å². The molecule has 0 saturated carbocycles. The lowest BCUT2D eigenvalue weighted by Crippen LogP contribution is -2.17. The summed E-state index contributed by atoms with van der Waals surface area (Å²) in [6.45, 7) is 6.41. The van der Waals surface area contributed by atoms with Crippen molar-refractivity contribution < 1.29 is 0 Å². The highest BCUT2D eigenvalue weighted by molar-refractivity contribution is 5.39. The van der Waals surface area contributed by atoms with Crippen LogP contribution in [0.3, 0.4) is 0 Å². The highest BCUT2D eigenvalue weighted by Gasteiger charge is 2.15. The van der Waals surface area contributed by atoms with Crippen LogP contribution in [0.4, 0.5) is 5.82 Å². The molecule has 2 aromatic heterocycles. The smallest absolute Gasteiger partial charge is 0.126 e. The highest BCUT2D eigenvalue weighted by atomic mass is 15.0. The molecule has 0 fully saturated rings. The Labute approximate surface area is 108 Å². The Hall–Kier alpha value is -1.90. The standard InChI is InChI=1S/C15H19N3/c1-11(2)15(13-7-9-16-10-8-13)18-14-6-4-5-12(3)17-14/h4-11,15H,1-3H3,(H,17,18). The van der Waals surface area contributed by atoms with E-state index in [1.54, 1.807) is 0 Å². The Morgan fingerprint density at radius 3 is 2.39 bits per heavy atom. The summed E-state index contributed by atoms with van der Waals surface area (Å²) in [4.78, 5) is 8.56. The predicted molar refractivity (Wildman–Crippen MR) is 74.4 cm³/mol. The number of nitrogens with zero attached hydrogens (tertiary/aromatic N) is 2. The Balaban J connectivity index is 2.22. The Morgan fingerprint density at radius 1 is 1.06 bits per heavy atom. The molecule has 2 rings (SSSR count). The van der Waals surface area contributed by atoms with E-state index in [2.05, 4.69) is 29.1 Å². The Kier molecular flexibility index (Phi) is 3.92. The number of rotatable bonds is 4. The molecule has 0 spiro atoms. The molecule has 1 atom stereocenters. The first kappa shape index (κ1) is 12.6. The van der Waals surface area contributed by atoms with E-state index in [1.807, 2.05) is 49.6 Å². The van der Waals surface area contributed by atoms with Crippen LogP contribution >= 0.6 is 0 Å². The van der Waals surface area contributed by atoms with Crippen molar-refractivity contribution in [3.8, 4) is 0 Å². The third-order valence-electron chi connectivity index (χ3n) is 2.92. The monoisotopic (exact) mass is 241 g/mol. The van der Waals surface area contributed by atoms with Gasteiger partial charge in [-0.25, -0.2) is 4.98 Å². The molecule has 2 aromatic rings. The summed E-state index contributed by atoms with van der Waals surface area (Å²) in [5.74, 6) is 1.40. The molecule has 18 heavy (non-hydrogen) atoms. The van der Waals surface area contributed by atoms with Crippen molar-refractivity contribution in [1.82, 2.24) is 9.97 Å². The Bertz CT molecular complexity index is 494. The molecule has 0 saturated heterocycles. The SMILES string of the molecule is Cc1cccc(NC(c2ccncc2)C(C)C)n1. The third kappa shape index (κ3) is 3.06. The van der Waals surface area contributed by atoms with Crippen LogP contribution in [0.25, 0.3) is 0 Å². The lowest BCUT2D eigenvalue weighted by Gasteiger charge is -2.23. The van der Waals surface area contributed by atoms with E-state index in [0.717, 1.165) is 11.5 Å². The normalized spacial score (nSPS) is 12.4. The van der Waals surface area contributed by atoms with Crippen LogP contribution in [0.1, 0.15) is 31.1 Å². The van der Waals surface area contributed by atoms with Crippen LogP contribution in [-0.4, -0.2) is 9.97 Å². The minimum atomic E-state index is 0.252. The second kappa shape index (κ2) is 5.63. The minimum absolute atomic E-state index is 0.252. The van der Waals surface area contributed by atoms with Gasteiger partial charge in [0.25, 0.3) is 0 Å². The second-order valence-corrected chi connectivity index (χ2v) is 4.81. The molecule has 94 valence electrons. The average molecular weight is 241 g/mol. The largest absolute Gasteiger partial charge is 0.363 e. The number of hydrogen-bond acceptors (Lipinski definition) is 3. The molecule has 0 amide bonds. The fourth-order valence-corrected chi connectivity index (χ4v) is 1.99. The summed E-state index contributed by atoms with van der Waals surface area (Å²) >= 11 is 0. The number of anilines is 1. The molecule has 0 aromatic carbocycles. The van der Waals surface area contributed by atoms with Gasteiger partial charge in [0.2, 0.25) is 0 Å². The molecule has 0 aliphatic rings. The zero-order chi connectivity index (χ0) is 13.0. The molecular formula is C15H19N3. The third-order valence-corrected chi connectivity index (χ3v) is 2.92. The van der Waals surface area contributed by atoms with Gasteiger partial charge < -0.3 is 5.32 Å². The molecule has 0 aliphatic heterocycles.